The quantitative estimate of drug-likeness (QED) is 0.126. The molecule has 1 N–H and O–H groups in total. The summed E-state index contributed by atoms with van der Waals surface area (Å²) in [5.74, 6) is 0.0695. The molecule has 1 aliphatic heterocycles. The van der Waals surface area contributed by atoms with Crippen molar-refractivity contribution < 1.29 is 38.4 Å². The largest absolute Gasteiger partial charge is 0.497 e. The molecule has 1 unspecified atom stereocenters. The van der Waals surface area contributed by atoms with Crippen molar-refractivity contribution in [2.45, 2.75) is 82.5 Å². The highest BCUT2D eigenvalue weighted by atomic mass is 32.1. The van der Waals surface area contributed by atoms with E-state index >= 15 is 0 Å². The van der Waals surface area contributed by atoms with Crippen molar-refractivity contribution in [3.63, 3.8) is 0 Å². The van der Waals surface area contributed by atoms with Crippen LogP contribution in [0.5, 0.6) is 5.75 Å². The number of Topliss-reactive ketones (excluding diaryl/α,β-unsaturated/α-hetero) is 2. The molecule has 0 bridgehead atoms. The molecule has 0 amide bonds. The summed E-state index contributed by atoms with van der Waals surface area (Å²) >= 11 is 4.74. The van der Waals surface area contributed by atoms with Crippen LogP contribution in [0.25, 0.3) is 11.1 Å². The number of rotatable bonds is 16. The first-order chi connectivity index (χ1) is 23.7. The molecule has 49 heavy (non-hydrogen) atoms. The minimum atomic E-state index is -1.57. The van der Waals surface area contributed by atoms with E-state index in [-0.39, 0.29) is 38.4 Å². The lowest BCUT2D eigenvalue weighted by Crippen LogP contribution is -2.62. The van der Waals surface area contributed by atoms with Gasteiger partial charge in [-0.25, -0.2) is 0 Å². The molecule has 9 heteroatoms. The number of hydrogen-bond acceptors (Lipinski definition) is 9. The van der Waals surface area contributed by atoms with Crippen LogP contribution in [0.15, 0.2) is 103 Å². The van der Waals surface area contributed by atoms with Gasteiger partial charge in [-0.3, -0.25) is 4.79 Å². The number of methoxy groups -OCH3 is 1. The second-order valence-electron chi connectivity index (χ2n) is 12.3. The molecule has 5 rings (SSSR count). The normalized spacial score (nSPS) is 21.2. The molecule has 4 aromatic carbocycles. The van der Waals surface area contributed by atoms with Gasteiger partial charge in [0.05, 0.1) is 26.9 Å². The predicted octanol–water partition coefficient (Wildman–Crippen LogP) is 6.68. The van der Waals surface area contributed by atoms with E-state index in [1.807, 2.05) is 78.9 Å². The van der Waals surface area contributed by atoms with Gasteiger partial charge in [-0.05, 0) is 59.4 Å². The fourth-order valence-corrected chi connectivity index (χ4v) is 6.24. The van der Waals surface area contributed by atoms with Gasteiger partial charge in [-0.1, -0.05) is 91.0 Å². The highest BCUT2D eigenvalue weighted by molar-refractivity contribution is 7.80. The van der Waals surface area contributed by atoms with E-state index in [0.29, 0.717) is 0 Å². The van der Waals surface area contributed by atoms with E-state index in [1.54, 1.807) is 7.11 Å². The lowest BCUT2D eigenvalue weighted by Gasteiger charge is -2.46. The predicted molar refractivity (Wildman–Crippen MR) is 190 cm³/mol. The molecule has 8 nitrogen and oxygen atoms in total. The van der Waals surface area contributed by atoms with Crippen molar-refractivity contribution in [2.24, 2.45) is 0 Å². The maximum Gasteiger partial charge on any atom is 0.164 e. The fourth-order valence-electron chi connectivity index (χ4n) is 5.84. The Kier molecular flexibility index (Phi) is 13.2. The fraction of sp³-hybridized carbons (Fsp3) is 0.350. The van der Waals surface area contributed by atoms with Crippen molar-refractivity contribution >= 4 is 24.2 Å². The Morgan fingerprint density at radius 3 is 1.90 bits per heavy atom. The molecule has 258 valence electrons. The summed E-state index contributed by atoms with van der Waals surface area (Å²) < 4.78 is 31.1. The van der Waals surface area contributed by atoms with Crippen LogP contribution in [-0.4, -0.2) is 59.7 Å². The SMILES string of the molecule is COc1ccc(CO[C@@H]2[C@@H](OCc3ccc(-c4ccccc4C)cc3)[C@@H](OCc3ccccc3)[C@@H](C(O)C(=O)CCC(C)=O)O[C@H]2S)cc1. The number of hydrogen-bond donors (Lipinski definition) is 2. The second kappa shape index (κ2) is 17.7. The molecular weight excluding hydrogens is 640 g/mol. The van der Waals surface area contributed by atoms with Gasteiger partial charge in [0.1, 0.15) is 47.5 Å². The number of carbonyl (C=O) groups is 2. The third-order valence-electron chi connectivity index (χ3n) is 8.65. The number of ether oxygens (including phenoxy) is 5. The van der Waals surface area contributed by atoms with Gasteiger partial charge in [-0.2, -0.15) is 0 Å². The Morgan fingerprint density at radius 2 is 1.29 bits per heavy atom. The van der Waals surface area contributed by atoms with Crippen LogP contribution in [-0.2, 0) is 48.4 Å². The van der Waals surface area contributed by atoms with Gasteiger partial charge in [0.15, 0.2) is 5.78 Å². The zero-order valence-corrected chi connectivity index (χ0v) is 29.0. The van der Waals surface area contributed by atoms with Crippen LogP contribution in [0.2, 0.25) is 0 Å². The Morgan fingerprint density at radius 1 is 0.735 bits per heavy atom. The molecule has 6 atom stereocenters. The van der Waals surface area contributed by atoms with Crippen LogP contribution in [0.1, 0.15) is 42.0 Å². The Balaban J connectivity index is 1.42. The number of aryl methyl sites for hydroxylation is 1. The summed E-state index contributed by atoms with van der Waals surface area (Å²) in [6.45, 7) is 4.09. The Hall–Kier alpha value is -3.83. The van der Waals surface area contributed by atoms with Crippen molar-refractivity contribution in [3.05, 3.63) is 125 Å². The first kappa shape index (κ1) is 36.5. The smallest absolute Gasteiger partial charge is 0.164 e. The van der Waals surface area contributed by atoms with E-state index < -0.39 is 41.7 Å². The first-order valence-corrected chi connectivity index (χ1v) is 17.0. The van der Waals surface area contributed by atoms with Crippen molar-refractivity contribution in [1.82, 2.24) is 0 Å². The summed E-state index contributed by atoms with van der Waals surface area (Å²) in [7, 11) is 1.61. The van der Waals surface area contributed by atoms with Gasteiger partial charge in [0.25, 0.3) is 0 Å². The maximum atomic E-state index is 13.1. The van der Waals surface area contributed by atoms with Gasteiger partial charge >= 0.3 is 0 Å². The number of benzene rings is 4. The summed E-state index contributed by atoms with van der Waals surface area (Å²) in [5, 5.41) is 11.3. The molecule has 1 heterocycles. The molecule has 0 aromatic heterocycles. The zero-order valence-electron chi connectivity index (χ0n) is 28.1. The average molecular weight is 685 g/mol. The van der Waals surface area contributed by atoms with Gasteiger partial charge in [0, 0.05) is 12.8 Å². The molecule has 0 radical (unpaired) electrons. The standard InChI is InChI=1S/C40H44O8S/c1-26-9-7-8-12-33(26)31-18-14-29(15-19-31)24-46-38-37(45-23-28-10-5-4-6-11-28)36(35(43)34(42)22-13-27(2)41)48-40(49)39(38)47-25-30-16-20-32(44-3)21-17-30/h4-12,14-21,35-40,43,49H,13,22-25H2,1-3H3/t35?,36-,37+,38+,39-,40+/m1/s1. The van der Waals surface area contributed by atoms with E-state index in [1.165, 1.54) is 12.5 Å². The van der Waals surface area contributed by atoms with E-state index in [4.69, 9.17) is 36.3 Å². The Bertz CT molecular complexity index is 1640. The average Bonchev–Trinajstić information content (AvgIpc) is 3.12. The molecule has 0 aliphatic carbocycles. The monoisotopic (exact) mass is 684 g/mol. The van der Waals surface area contributed by atoms with E-state index in [0.717, 1.165) is 33.6 Å². The van der Waals surface area contributed by atoms with Crippen LogP contribution >= 0.6 is 12.6 Å². The number of aliphatic hydroxyl groups excluding tert-OH is 1. The molecule has 4 aromatic rings. The van der Waals surface area contributed by atoms with Gasteiger partial charge < -0.3 is 33.6 Å². The van der Waals surface area contributed by atoms with E-state index in [9.17, 15) is 14.7 Å². The van der Waals surface area contributed by atoms with Crippen LogP contribution < -0.4 is 4.74 Å². The Labute approximate surface area is 293 Å². The highest BCUT2D eigenvalue weighted by Gasteiger charge is 2.50. The third kappa shape index (κ3) is 9.88. The first-order valence-electron chi connectivity index (χ1n) is 16.4. The summed E-state index contributed by atoms with van der Waals surface area (Å²) in [6.07, 6.45) is -5.25. The molecule has 1 fully saturated rings. The zero-order chi connectivity index (χ0) is 34.8. The minimum Gasteiger partial charge on any atom is -0.497 e. The second-order valence-corrected chi connectivity index (χ2v) is 12.8. The highest BCUT2D eigenvalue weighted by Crippen LogP contribution is 2.34. The molecule has 0 spiro atoms. The summed E-state index contributed by atoms with van der Waals surface area (Å²) in [6, 6.07) is 33.5. The number of ketones is 2. The molecule has 1 aliphatic rings. The minimum absolute atomic E-state index is 0.0223. The van der Waals surface area contributed by atoms with Crippen molar-refractivity contribution in [3.8, 4) is 16.9 Å². The van der Waals surface area contributed by atoms with Crippen molar-refractivity contribution in [1.29, 1.82) is 0 Å². The molecule has 1 saturated heterocycles. The maximum absolute atomic E-state index is 13.1. The lowest BCUT2D eigenvalue weighted by molar-refractivity contribution is -0.259. The van der Waals surface area contributed by atoms with Gasteiger partial charge in [-0.15, -0.1) is 12.6 Å². The van der Waals surface area contributed by atoms with E-state index in [2.05, 4.69) is 31.2 Å². The number of thiol groups is 1. The van der Waals surface area contributed by atoms with Gasteiger partial charge in [0.2, 0.25) is 0 Å². The molecular formula is C40H44O8S. The topological polar surface area (TPSA) is 101 Å². The molecule has 0 saturated carbocycles. The summed E-state index contributed by atoms with van der Waals surface area (Å²) in [5.41, 5.74) is 5.29. The lowest BCUT2D eigenvalue weighted by atomic mass is 9.92. The number of aliphatic hydroxyl groups is 1. The van der Waals surface area contributed by atoms with Crippen LogP contribution in [0.4, 0.5) is 0 Å². The van der Waals surface area contributed by atoms with Crippen LogP contribution in [0, 0.1) is 6.92 Å². The third-order valence-corrected chi connectivity index (χ3v) is 9.07. The number of carbonyl (C=O) groups excluding carboxylic acids is 2. The van der Waals surface area contributed by atoms with Crippen LogP contribution in [0.3, 0.4) is 0 Å². The van der Waals surface area contributed by atoms with Crippen molar-refractivity contribution in [2.75, 3.05) is 7.11 Å². The summed E-state index contributed by atoms with van der Waals surface area (Å²) in [4.78, 5) is 24.8.